The van der Waals surface area contributed by atoms with Gasteiger partial charge >= 0.3 is 5.97 Å². The molecular weight excluding hydrogens is 350 g/mol. The number of thioether (sulfide) groups is 1. The Morgan fingerprint density at radius 3 is 2.46 bits per heavy atom. The molecule has 1 amide bonds. The first-order chi connectivity index (χ1) is 11.3. The van der Waals surface area contributed by atoms with Crippen LogP contribution in [-0.2, 0) is 25.8 Å². The lowest BCUT2D eigenvalue weighted by Crippen LogP contribution is -2.54. The molecule has 1 aromatic carbocycles. The molecule has 0 aromatic heterocycles. The predicted octanol–water partition coefficient (Wildman–Crippen LogP) is 1.49. The van der Waals surface area contributed by atoms with E-state index in [9.17, 15) is 23.1 Å². The highest BCUT2D eigenvalue weighted by Gasteiger charge is 2.43. The number of carbonyl (C=O) groups is 2. The summed E-state index contributed by atoms with van der Waals surface area (Å²) in [6, 6.07) is 6.46. The van der Waals surface area contributed by atoms with Gasteiger partial charge in [-0.1, -0.05) is 19.1 Å². The number of sulfone groups is 1. The summed E-state index contributed by atoms with van der Waals surface area (Å²) in [6.07, 6.45) is 1.03. The standard InChI is InChI=1S/C16H21NO5S2/c1-2-24(21,22)13-6-3-12(4-7-13)5-8-14(18)17-16(15(19)20)9-10-23-11-16/h3-4,6-7H,2,5,8-11H2,1H3,(H,17,18)(H,19,20). The number of carbonyl (C=O) groups excluding carboxylic acids is 1. The molecule has 1 aromatic rings. The van der Waals surface area contributed by atoms with Crippen molar-refractivity contribution in [3.05, 3.63) is 29.8 Å². The second-order valence-electron chi connectivity index (χ2n) is 5.79. The fourth-order valence-corrected chi connectivity index (χ4v) is 4.71. The van der Waals surface area contributed by atoms with Gasteiger partial charge in [-0.3, -0.25) is 4.79 Å². The molecule has 1 aliphatic heterocycles. The summed E-state index contributed by atoms with van der Waals surface area (Å²) >= 11 is 1.52. The monoisotopic (exact) mass is 371 g/mol. The van der Waals surface area contributed by atoms with E-state index in [1.165, 1.54) is 11.8 Å². The number of carboxylic acid groups (broad SMARTS) is 1. The molecule has 1 heterocycles. The van der Waals surface area contributed by atoms with Crippen LogP contribution < -0.4 is 5.32 Å². The third-order valence-corrected chi connectivity index (χ3v) is 7.05. The second-order valence-corrected chi connectivity index (χ2v) is 9.17. The van der Waals surface area contributed by atoms with Gasteiger partial charge in [0.1, 0.15) is 5.54 Å². The minimum absolute atomic E-state index is 0.0457. The molecule has 132 valence electrons. The van der Waals surface area contributed by atoms with E-state index in [0.717, 1.165) is 11.3 Å². The Balaban J connectivity index is 1.93. The maximum atomic E-state index is 12.1. The SMILES string of the molecule is CCS(=O)(=O)c1ccc(CCC(=O)NC2(C(=O)O)CCSC2)cc1. The molecule has 0 aliphatic carbocycles. The average Bonchev–Trinajstić information content (AvgIpc) is 3.03. The number of hydrogen-bond acceptors (Lipinski definition) is 5. The van der Waals surface area contributed by atoms with Crippen LogP contribution in [0.3, 0.4) is 0 Å². The highest BCUT2D eigenvalue weighted by molar-refractivity contribution is 7.99. The van der Waals surface area contributed by atoms with Crippen molar-refractivity contribution in [1.82, 2.24) is 5.32 Å². The number of amides is 1. The molecule has 1 fully saturated rings. The van der Waals surface area contributed by atoms with E-state index >= 15 is 0 Å². The molecule has 0 radical (unpaired) electrons. The predicted molar refractivity (Wildman–Crippen MR) is 92.9 cm³/mol. The van der Waals surface area contributed by atoms with E-state index in [-0.39, 0.29) is 23.0 Å². The molecule has 2 N–H and O–H groups in total. The van der Waals surface area contributed by atoms with Crippen LogP contribution in [0.1, 0.15) is 25.3 Å². The number of aliphatic carboxylic acids is 1. The van der Waals surface area contributed by atoms with Gasteiger partial charge in [0.15, 0.2) is 9.84 Å². The van der Waals surface area contributed by atoms with Crippen molar-refractivity contribution in [3.8, 4) is 0 Å². The fraction of sp³-hybridized carbons (Fsp3) is 0.500. The highest BCUT2D eigenvalue weighted by atomic mass is 32.2. The van der Waals surface area contributed by atoms with Gasteiger partial charge in [0.05, 0.1) is 10.6 Å². The maximum absolute atomic E-state index is 12.1. The van der Waals surface area contributed by atoms with Gasteiger partial charge in [-0.05, 0) is 36.3 Å². The van der Waals surface area contributed by atoms with Crippen LogP contribution in [0.5, 0.6) is 0 Å². The van der Waals surface area contributed by atoms with Crippen LogP contribution in [0.25, 0.3) is 0 Å². The van der Waals surface area contributed by atoms with Crippen LogP contribution in [0.4, 0.5) is 0 Å². The molecule has 1 aliphatic rings. The van der Waals surface area contributed by atoms with E-state index in [0.29, 0.717) is 18.6 Å². The zero-order valence-electron chi connectivity index (χ0n) is 13.4. The molecule has 0 saturated carbocycles. The van der Waals surface area contributed by atoms with E-state index in [1.807, 2.05) is 0 Å². The van der Waals surface area contributed by atoms with Crippen LogP contribution in [0, 0.1) is 0 Å². The lowest BCUT2D eigenvalue weighted by atomic mass is 9.98. The third kappa shape index (κ3) is 4.30. The zero-order valence-corrected chi connectivity index (χ0v) is 15.1. The van der Waals surface area contributed by atoms with Crippen molar-refractivity contribution < 1.29 is 23.1 Å². The van der Waals surface area contributed by atoms with Crippen LogP contribution >= 0.6 is 11.8 Å². The summed E-state index contributed by atoms with van der Waals surface area (Å²) in [4.78, 5) is 23.8. The van der Waals surface area contributed by atoms with Gasteiger partial charge in [0, 0.05) is 12.2 Å². The molecule has 24 heavy (non-hydrogen) atoms. The molecule has 2 rings (SSSR count). The number of rotatable bonds is 7. The molecule has 0 bridgehead atoms. The number of benzene rings is 1. The Bertz CT molecular complexity index is 706. The molecule has 1 saturated heterocycles. The Labute approximate surface area is 145 Å². The minimum Gasteiger partial charge on any atom is -0.479 e. The summed E-state index contributed by atoms with van der Waals surface area (Å²) in [6.45, 7) is 1.59. The summed E-state index contributed by atoms with van der Waals surface area (Å²) in [5.74, 6) is -0.137. The third-order valence-electron chi connectivity index (χ3n) is 4.11. The summed E-state index contributed by atoms with van der Waals surface area (Å²) in [5.41, 5.74) is -0.314. The van der Waals surface area contributed by atoms with Crippen molar-refractivity contribution in [3.63, 3.8) is 0 Å². The van der Waals surface area contributed by atoms with Crippen molar-refractivity contribution in [2.24, 2.45) is 0 Å². The topological polar surface area (TPSA) is 101 Å². The van der Waals surface area contributed by atoms with Crippen molar-refractivity contribution >= 4 is 33.5 Å². The van der Waals surface area contributed by atoms with Gasteiger partial charge in [0.25, 0.3) is 0 Å². The number of carboxylic acids is 1. The smallest absolute Gasteiger partial charge is 0.330 e. The molecule has 1 unspecified atom stereocenters. The normalized spacial score (nSPS) is 20.7. The van der Waals surface area contributed by atoms with Crippen molar-refractivity contribution in [2.75, 3.05) is 17.3 Å². The Morgan fingerprint density at radius 2 is 1.96 bits per heavy atom. The molecule has 6 nitrogen and oxygen atoms in total. The lowest BCUT2D eigenvalue weighted by Gasteiger charge is -2.24. The highest BCUT2D eigenvalue weighted by Crippen LogP contribution is 2.28. The Morgan fingerprint density at radius 1 is 1.29 bits per heavy atom. The molecular formula is C16H21NO5S2. The largest absolute Gasteiger partial charge is 0.479 e. The van der Waals surface area contributed by atoms with Crippen LogP contribution in [-0.4, -0.2) is 48.2 Å². The van der Waals surface area contributed by atoms with E-state index < -0.39 is 21.3 Å². The fourth-order valence-electron chi connectivity index (χ4n) is 2.50. The molecule has 1 atom stereocenters. The Hall–Kier alpha value is -1.54. The van der Waals surface area contributed by atoms with Crippen molar-refractivity contribution in [2.45, 2.75) is 36.6 Å². The van der Waals surface area contributed by atoms with E-state index in [2.05, 4.69) is 5.32 Å². The maximum Gasteiger partial charge on any atom is 0.330 e. The Kier molecular flexibility index (Phi) is 5.92. The minimum atomic E-state index is -3.23. The summed E-state index contributed by atoms with van der Waals surface area (Å²) < 4.78 is 23.5. The molecule has 0 spiro atoms. The first-order valence-corrected chi connectivity index (χ1v) is 10.5. The van der Waals surface area contributed by atoms with Crippen LogP contribution in [0.2, 0.25) is 0 Å². The summed E-state index contributed by atoms with van der Waals surface area (Å²) in [5, 5.41) is 12.0. The lowest BCUT2D eigenvalue weighted by molar-refractivity contribution is -0.146. The van der Waals surface area contributed by atoms with Crippen molar-refractivity contribution in [1.29, 1.82) is 0 Å². The van der Waals surface area contributed by atoms with E-state index in [4.69, 9.17) is 0 Å². The number of hydrogen-bond donors (Lipinski definition) is 2. The van der Waals surface area contributed by atoms with Gasteiger partial charge in [-0.15, -0.1) is 0 Å². The van der Waals surface area contributed by atoms with Gasteiger partial charge in [-0.25, -0.2) is 13.2 Å². The number of aryl methyl sites for hydroxylation is 1. The summed E-state index contributed by atoms with van der Waals surface area (Å²) in [7, 11) is -3.23. The second kappa shape index (κ2) is 7.57. The first kappa shape index (κ1) is 18.8. The number of nitrogens with one attached hydrogen (secondary N) is 1. The first-order valence-electron chi connectivity index (χ1n) is 7.73. The van der Waals surface area contributed by atoms with Gasteiger partial charge < -0.3 is 10.4 Å². The zero-order chi connectivity index (χ0) is 17.8. The van der Waals surface area contributed by atoms with Crippen LogP contribution in [0.15, 0.2) is 29.2 Å². The van der Waals surface area contributed by atoms with E-state index in [1.54, 1.807) is 31.2 Å². The quantitative estimate of drug-likeness (QED) is 0.753. The average molecular weight is 371 g/mol. The van der Waals surface area contributed by atoms with Gasteiger partial charge in [-0.2, -0.15) is 11.8 Å². The van der Waals surface area contributed by atoms with Gasteiger partial charge in [0.2, 0.25) is 5.91 Å². The molecule has 8 heteroatoms.